The van der Waals surface area contributed by atoms with Crippen LogP contribution in [0.25, 0.3) is 10.9 Å². The van der Waals surface area contributed by atoms with Gasteiger partial charge in [-0.05, 0) is 38.1 Å². The van der Waals surface area contributed by atoms with Crippen LogP contribution < -0.4 is 0 Å². The molecule has 1 aromatic heterocycles. The van der Waals surface area contributed by atoms with Gasteiger partial charge in [0.15, 0.2) is 0 Å². The van der Waals surface area contributed by atoms with Crippen molar-refractivity contribution in [3.8, 4) is 0 Å². The van der Waals surface area contributed by atoms with E-state index in [1.165, 1.54) is 48.2 Å². The van der Waals surface area contributed by atoms with Crippen LogP contribution in [-0.2, 0) is 13.1 Å². The summed E-state index contributed by atoms with van der Waals surface area (Å²) in [6, 6.07) is 6.65. The third kappa shape index (κ3) is 2.48. The van der Waals surface area contributed by atoms with Gasteiger partial charge in [-0.1, -0.05) is 12.1 Å². The van der Waals surface area contributed by atoms with E-state index in [1.807, 2.05) is 0 Å². The first-order valence-corrected chi connectivity index (χ1v) is 7.67. The van der Waals surface area contributed by atoms with Crippen LogP contribution in [0.2, 0.25) is 0 Å². The van der Waals surface area contributed by atoms with Crippen molar-refractivity contribution in [1.82, 2.24) is 14.4 Å². The number of nitrogens with zero attached hydrogens (tertiary/aromatic N) is 3. The number of hydrogen-bond donors (Lipinski definition) is 0. The van der Waals surface area contributed by atoms with Gasteiger partial charge in [0.05, 0.1) is 0 Å². The number of aryl methyl sites for hydroxylation is 2. The van der Waals surface area contributed by atoms with Gasteiger partial charge in [-0.2, -0.15) is 0 Å². The highest BCUT2D eigenvalue weighted by Gasteiger charge is 2.17. The quantitative estimate of drug-likeness (QED) is 0.850. The van der Waals surface area contributed by atoms with Gasteiger partial charge in [0.2, 0.25) is 0 Å². The normalized spacial score (nSPS) is 17.9. The van der Waals surface area contributed by atoms with Crippen LogP contribution in [0.1, 0.15) is 18.1 Å². The minimum atomic E-state index is 1.04. The summed E-state index contributed by atoms with van der Waals surface area (Å²) in [4.78, 5) is 5.00. The van der Waals surface area contributed by atoms with Gasteiger partial charge in [-0.15, -0.1) is 0 Å². The number of rotatable bonds is 3. The van der Waals surface area contributed by atoms with Crippen molar-refractivity contribution >= 4 is 10.9 Å². The van der Waals surface area contributed by atoms with Crippen molar-refractivity contribution in [2.24, 2.45) is 0 Å². The molecule has 0 saturated carbocycles. The Bertz CT molecular complexity index is 592. The molecular formula is C17H25N3. The molecule has 0 atom stereocenters. The van der Waals surface area contributed by atoms with Crippen LogP contribution in [0.15, 0.2) is 24.4 Å². The Morgan fingerprint density at radius 2 is 1.85 bits per heavy atom. The maximum Gasteiger partial charge on any atom is 0.0486 e. The molecule has 20 heavy (non-hydrogen) atoms. The van der Waals surface area contributed by atoms with E-state index in [-0.39, 0.29) is 0 Å². The van der Waals surface area contributed by atoms with Crippen LogP contribution in [0.5, 0.6) is 0 Å². The molecule has 2 heterocycles. The third-order valence-electron chi connectivity index (χ3n) is 4.52. The fourth-order valence-electron chi connectivity index (χ4n) is 3.26. The standard InChI is InChI=1S/C17H25N3/c1-4-20-13-15(12-19-10-8-18(3)9-11-19)17-14(2)6-5-7-16(17)20/h5-7,13H,4,8-12H2,1-3H3. The van der Waals surface area contributed by atoms with E-state index in [2.05, 4.69) is 59.7 Å². The topological polar surface area (TPSA) is 11.4 Å². The summed E-state index contributed by atoms with van der Waals surface area (Å²) in [6.07, 6.45) is 2.36. The molecule has 1 fully saturated rings. The summed E-state index contributed by atoms with van der Waals surface area (Å²) in [5.74, 6) is 0. The Morgan fingerprint density at radius 3 is 2.55 bits per heavy atom. The molecule has 1 aromatic carbocycles. The fourth-order valence-corrected chi connectivity index (χ4v) is 3.26. The molecule has 2 aromatic rings. The lowest BCUT2D eigenvalue weighted by Crippen LogP contribution is -2.43. The monoisotopic (exact) mass is 271 g/mol. The first-order valence-electron chi connectivity index (χ1n) is 7.67. The van der Waals surface area contributed by atoms with Crippen LogP contribution in [-0.4, -0.2) is 47.6 Å². The molecule has 1 aliphatic heterocycles. The molecular weight excluding hydrogens is 246 g/mol. The molecule has 3 heteroatoms. The second-order valence-electron chi connectivity index (χ2n) is 5.99. The second-order valence-corrected chi connectivity index (χ2v) is 5.99. The summed E-state index contributed by atoms with van der Waals surface area (Å²) in [5, 5.41) is 1.47. The zero-order chi connectivity index (χ0) is 14.1. The zero-order valence-corrected chi connectivity index (χ0v) is 12.9. The SMILES string of the molecule is CCn1cc(CN2CCN(C)CC2)c2c(C)cccc21. The summed E-state index contributed by atoms with van der Waals surface area (Å²) < 4.78 is 2.38. The maximum absolute atomic E-state index is 2.58. The number of benzene rings is 1. The van der Waals surface area contributed by atoms with Gasteiger partial charge in [0, 0.05) is 56.4 Å². The summed E-state index contributed by atoms with van der Waals surface area (Å²) >= 11 is 0. The fraction of sp³-hybridized carbons (Fsp3) is 0.529. The number of likely N-dealkylation sites (N-methyl/N-ethyl adjacent to an activating group) is 1. The van der Waals surface area contributed by atoms with Gasteiger partial charge in [-0.25, -0.2) is 0 Å². The Balaban J connectivity index is 1.91. The highest BCUT2D eigenvalue weighted by Crippen LogP contribution is 2.26. The molecule has 0 aliphatic carbocycles. The average Bonchev–Trinajstić information content (AvgIpc) is 2.81. The lowest BCUT2D eigenvalue weighted by atomic mass is 10.1. The minimum absolute atomic E-state index is 1.04. The molecule has 3 rings (SSSR count). The summed E-state index contributed by atoms with van der Waals surface area (Å²) in [7, 11) is 2.21. The molecule has 0 spiro atoms. The highest BCUT2D eigenvalue weighted by atomic mass is 15.2. The van der Waals surface area contributed by atoms with Crippen molar-refractivity contribution in [2.75, 3.05) is 33.2 Å². The maximum atomic E-state index is 2.58. The third-order valence-corrected chi connectivity index (χ3v) is 4.52. The van der Waals surface area contributed by atoms with Gasteiger partial charge >= 0.3 is 0 Å². The molecule has 0 amide bonds. The second kappa shape index (κ2) is 5.58. The molecule has 0 unspecified atom stereocenters. The van der Waals surface area contributed by atoms with Gasteiger partial charge in [0.25, 0.3) is 0 Å². The van der Waals surface area contributed by atoms with Crippen LogP contribution >= 0.6 is 0 Å². The Hall–Kier alpha value is -1.32. The van der Waals surface area contributed by atoms with E-state index in [0.717, 1.165) is 13.1 Å². The molecule has 3 nitrogen and oxygen atoms in total. The largest absolute Gasteiger partial charge is 0.347 e. The van der Waals surface area contributed by atoms with E-state index in [9.17, 15) is 0 Å². The Morgan fingerprint density at radius 1 is 1.10 bits per heavy atom. The van der Waals surface area contributed by atoms with E-state index in [4.69, 9.17) is 0 Å². The van der Waals surface area contributed by atoms with Crippen molar-refractivity contribution in [2.45, 2.75) is 26.9 Å². The van der Waals surface area contributed by atoms with Gasteiger partial charge < -0.3 is 9.47 Å². The van der Waals surface area contributed by atoms with Crippen molar-refractivity contribution < 1.29 is 0 Å². The predicted molar refractivity (Wildman–Crippen MR) is 85.1 cm³/mol. The smallest absolute Gasteiger partial charge is 0.0486 e. The summed E-state index contributed by atoms with van der Waals surface area (Å²) in [5.41, 5.74) is 4.28. The zero-order valence-electron chi connectivity index (χ0n) is 12.9. The number of piperazine rings is 1. The molecule has 108 valence electrons. The number of aromatic nitrogens is 1. The van der Waals surface area contributed by atoms with Gasteiger partial charge in [-0.3, -0.25) is 4.90 Å². The average molecular weight is 271 g/mol. The van der Waals surface area contributed by atoms with E-state index in [0.29, 0.717) is 0 Å². The molecule has 0 radical (unpaired) electrons. The Kier molecular flexibility index (Phi) is 3.81. The first-order chi connectivity index (χ1) is 9.69. The number of fused-ring (bicyclic) bond motifs is 1. The molecule has 0 bridgehead atoms. The van der Waals surface area contributed by atoms with Crippen molar-refractivity contribution in [3.05, 3.63) is 35.5 Å². The van der Waals surface area contributed by atoms with E-state index < -0.39 is 0 Å². The highest BCUT2D eigenvalue weighted by molar-refractivity contribution is 5.87. The van der Waals surface area contributed by atoms with Crippen molar-refractivity contribution in [1.29, 1.82) is 0 Å². The van der Waals surface area contributed by atoms with Crippen LogP contribution in [0, 0.1) is 6.92 Å². The lowest BCUT2D eigenvalue weighted by molar-refractivity contribution is 0.148. The minimum Gasteiger partial charge on any atom is -0.347 e. The van der Waals surface area contributed by atoms with Crippen LogP contribution in [0.3, 0.4) is 0 Å². The van der Waals surface area contributed by atoms with E-state index in [1.54, 1.807) is 0 Å². The first kappa shape index (κ1) is 13.7. The van der Waals surface area contributed by atoms with Crippen molar-refractivity contribution in [3.63, 3.8) is 0 Å². The predicted octanol–water partition coefficient (Wildman–Crippen LogP) is 2.72. The van der Waals surface area contributed by atoms with E-state index >= 15 is 0 Å². The molecule has 1 aliphatic rings. The number of hydrogen-bond acceptors (Lipinski definition) is 2. The van der Waals surface area contributed by atoms with Gasteiger partial charge in [0.1, 0.15) is 0 Å². The Labute approximate surface area is 121 Å². The summed E-state index contributed by atoms with van der Waals surface area (Å²) in [6.45, 7) is 11.3. The molecule has 0 N–H and O–H groups in total. The lowest BCUT2D eigenvalue weighted by Gasteiger charge is -2.32. The molecule has 1 saturated heterocycles. The van der Waals surface area contributed by atoms with Crippen LogP contribution in [0.4, 0.5) is 0 Å².